The second kappa shape index (κ2) is 9.78. The van der Waals surface area contributed by atoms with Crippen LogP contribution in [-0.4, -0.2) is 77.1 Å². The van der Waals surface area contributed by atoms with Gasteiger partial charge < -0.3 is 14.8 Å². The standard InChI is InChI=1S/C24H28N6O3/c1-32-16-21-20(23(31)25-8-9-29-10-12-33-13-11-29)15-27-30(21)24-26-14-18-7-6-17-4-2-3-5-19(17)22(18)28-24/h2-5,14-15H,6-13,16H2,1H3,(H,25,31). The molecule has 0 radical (unpaired) electrons. The zero-order chi connectivity index (χ0) is 22.6. The molecule has 9 heteroatoms. The largest absolute Gasteiger partial charge is 0.379 e. The molecule has 2 aromatic heterocycles. The molecule has 1 N–H and O–H groups in total. The summed E-state index contributed by atoms with van der Waals surface area (Å²) in [6.45, 7) is 4.83. The summed E-state index contributed by atoms with van der Waals surface area (Å²) in [4.78, 5) is 24.6. The van der Waals surface area contributed by atoms with Gasteiger partial charge in [-0.05, 0) is 24.0 Å². The van der Waals surface area contributed by atoms with Gasteiger partial charge in [0.1, 0.15) is 0 Å². The molecule has 33 heavy (non-hydrogen) atoms. The number of aryl methyl sites for hydroxylation is 2. The molecular weight excluding hydrogens is 420 g/mol. The van der Waals surface area contributed by atoms with Crippen molar-refractivity contribution >= 4 is 5.91 Å². The molecule has 1 amide bonds. The molecular formula is C24H28N6O3. The van der Waals surface area contributed by atoms with Gasteiger partial charge in [0, 0.05) is 45.0 Å². The van der Waals surface area contributed by atoms with E-state index in [0.717, 1.165) is 62.5 Å². The van der Waals surface area contributed by atoms with E-state index in [1.807, 2.05) is 12.3 Å². The second-order valence-electron chi connectivity index (χ2n) is 8.26. The van der Waals surface area contributed by atoms with Crippen molar-refractivity contribution < 1.29 is 14.3 Å². The lowest BCUT2D eigenvalue weighted by molar-refractivity contribution is 0.0383. The van der Waals surface area contributed by atoms with E-state index in [2.05, 4.69) is 38.5 Å². The minimum Gasteiger partial charge on any atom is -0.379 e. The fourth-order valence-electron chi connectivity index (χ4n) is 4.41. The number of benzene rings is 1. The average molecular weight is 449 g/mol. The van der Waals surface area contributed by atoms with Crippen molar-refractivity contribution in [1.29, 1.82) is 0 Å². The Hall–Kier alpha value is -3.14. The summed E-state index contributed by atoms with van der Waals surface area (Å²) < 4.78 is 12.4. The van der Waals surface area contributed by atoms with Gasteiger partial charge in [0.15, 0.2) is 0 Å². The summed E-state index contributed by atoms with van der Waals surface area (Å²) in [5.74, 6) is 0.259. The summed E-state index contributed by atoms with van der Waals surface area (Å²) in [7, 11) is 1.60. The molecule has 1 aromatic carbocycles. The number of hydrogen-bond acceptors (Lipinski definition) is 7. The minimum absolute atomic E-state index is 0.176. The summed E-state index contributed by atoms with van der Waals surface area (Å²) in [6.07, 6.45) is 5.33. The Labute approximate surface area is 192 Å². The highest BCUT2D eigenvalue weighted by molar-refractivity contribution is 5.95. The van der Waals surface area contributed by atoms with Crippen molar-refractivity contribution in [2.24, 2.45) is 0 Å². The Balaban J connectivity index is 1.38. The number of carbonyl (C=O) groups is 1. The van der Waals surface area contributed by atoms with E-state index < -0.39 is 0 Å². The number of hydrogen-bond donors (Lipinski definition) is 1. The molecule has 1 saturated heterocycles. The molecule has 0 bridgehead atoms. The maximum atomic E-state index is 12.9. The number of nitrogens with zero attached hydrogens (tertiary/aromatic N) is 5. The number of aromatic nitrogens is 4. The lowest BCUT2D eigenvalue weighted by Crippen LogP contribution is -2.41. The van der Waals surface area contributed by atoms with Crippen LogP contribution in [0.4, 0.5) is 0 Å². The van der Waals surface area contributed by atoms with Crippen molar-refractivity contribution in [3.63, 3.8) is 0 Å². The number of ether oxygens (including phenoxy) is 2. The van der Waals surface area contributed by atoms with Crippen LogP contribution < -0.4 is 5.32 Å². The lowest BCUT2D eigenvalue weighted by atomic mass is 9.90. The van der Waals surface area contributed by atoms with Crippen LogP contribution in [0.5, 0.6) is 0 Å². The minimum atomic E-state index is -0.176. The van der Waals surface area contributed by atoms with E-state index in [0.29, 0.717) is 23.8 Å². The van der Waals surface area contributed by atoms with Gasteiger partial charge >= 0.3 is 0 Å². The first-order chi connectivity index (χ1) is 16.2. The zero-order valence-corrected chi connectivity index (χ0v) is 18.8. The molecule has 1 aliphatic carbocycles. The third-order valence-corrected chi connectivity index (χ3v) is 6.19. The van der Waals surface area contributed by atoms with Crippen molar-refractivity contribution in [3.8, 4) is 17.2 Å². The van der Waals surface area contributed by atoms with Crippen LogP contribution in [-0.2, 0) is 28.9 Å². The van der Waals surface area contributed by atoms with Gasteiger partial charge in [0.2, 0.25) is 0 Å². The molecule has 0 spiro atoms. The normalized spacial score (nSPS) is 15.7. The van der Waals surface area contributed by atoms with Crippen molar-refractivity contribution in [2.75, 3.05) is 46.5 Å². The summed E-state index contributed by atoms with van der Waals surface area (Å²) in [6, 6.07) is 8.32. The molecule has 0 unspecified atom stereocenters. The topological polar surface area (TPSA) is 94.4 Å². The van der Waals surface area contributed by atoms with E-state index >= 15 is 0 Å². The summed E-state index contributed by atoms with van der Waals surface area (Å²) in [5.41, 5.74) is 5.57. The molecule has 172 valence electrons. The number of rotatable bonds is 7. The molecule has 0 atom stereocenters. The first kappa shape index (κ1) is 21.7. The predicted molar refractivity (Wildman–Crippen MR) is 122 cm³/mol. The van der Waals surface area contributed by atoms with E-state index in [-0.39, 0.29) is 12.5 Å². The Kier molecular flexibility index (Phi) is 6.43. The molecule has 2 aliphatic rings. The van der Waals surface area contributed by atoms with Crippen LogP contribution in [0, 0.1) is 0 Å². The summed E-state index contributed by atoms with van der Waals surface area (Å²) in [5, 5.41) is 7.45. The van der Waals surface area contributed by atoms with Crippen LogP contribution in [0.3, 0.4) is 0 Å². The van der Waals surface area contributed by atoms with Crippen molar-refractivity contribution in [2.45, 2.75) is 19.4 Å². The molecule has 3 aromatic rings. The predicted octanol–water partition coefficient (Wildman–Crippen LogP) is 1.64. The van der Waals surface area contributed by atoms with Gasteiger partial charge in [-0.3, -0.25) is 9.69 Å². The lowest BCUT2D eigenvalue weighted by Gasteiger charge is -2.26. The summed E-state index contributed by atoms with van der Waals surface area (Å²) >= 11 is 0. The van der Waals surface area contributed by atoms with E-state index in [4.69, 9.17) is 14.5 Å². The van der Waals surface area contributed by atoms with Gasteiger partial charge in [-0.1, -0.05) is 24.3 Å². The highest BCUT2D eigenvalue weighted by Crippen LogP contribution is 2.31. The highest BCUT2D eigenvalue weighted by atomic mass is 16.5. The first-order valence-electron chi connectivity index (χ1n) is 11.3. The number of fused-ring (bicyclic) bond motifs is 3. The SMILES string of the molecule is COCc1c(C(=O)NCCN2CCOCC2)cnn1-c1ncc2c(n1)-c1ccccc1CC2. The van der Waals surface area contributed by atoms with Crippen LogP contribution in [0.15, 0.2) is 36.7 Å². The van der Waals surface area contributed by atoms with Gasteiger partial charge in [-0.2, -0.15) is 9.78 Å². The van der Waals surface area contributed by atoms with Gasteiger partial charge in [0.25, 0.3) is 11.9 Å². The van der Waals surface area contributed by atoms with Gasteiger partial charge in [0.05, 0.1) is 43.0 Å². The number of nitrogens with one attached hydrogen (secondary N) is 1. The Bertz CT molecular complexity index is 1140. The third-order valence-electron chi connectivity index (χ3n) is 6.19. The third kappa shape index (κ3) is 4.52. The maximum absolute atomic E-state index is 12.9. The van der Waals surface area contributed by atoms with E-state index in [1.165, 1.54) is 5.56 Å². The van der Waals surface area contributed by atoms with Gasteiger partial charge in [-0.15, -0.1) is 0 Å². The number of carbonyl (C=O) groups excluding carboxylic acids is 1. The molecule has 1 aliphatic heterocycles. The quantitative estimate of drug-likeness (QED) is 0.587. The average Bonchev–Trinajstić information content (AvgIpc) is 3.28. The Morgan fingerprint density at radius 3 is 2.82 bits per heavy atom. The highest BCUT2D eigenvalue weighted by Gasteiger charge is 2.23. The Morgan fingerprint density at radius 2 is 1.97 bits per heavy atom. The fraction of sp³-hybridized carbons (Fsp3) is 0.417. The van der Waals surface area contributed by atoms with Crippen LogP contribution in [0.2, 0.25) is 0 Å². The maximum Gasteiger partial charge on any atom is 0.254 e. The number of morpholine rings is 1. The first-order valence-corrected chi connectivity index (χ1v) is 11.3. The van der Waals surface area contributed by atoms with Crippen LogP contribution >= 0.6 is 0 Å². The van der Waals surface area contributed by atoms with E-state index in [1.54, 1.807) is 18.0 Å². The number of methoxy groups -OCH3 is 1. The number of amides is 1. The van der Waals surface area contributed by atoms with Crippen molar-refractivity contribution in [3.05, 3.63) is 59.0 Å². The molecule has 1 fully saturated rings. The van der Waals surface area contributed by atoms with Crippen LogP contribution in [0.25, 0.3) is 17.2 Å². The molecule has 0 saturated carbocycles. The molecule has 5 rings (SSSR count). The fourth-order valence-corrected chi connectivity index (χ4v) is 4.41. The van der Waals surface area contributed by atoms with Gasteiger partial charge in [-0.25, -0.2) is 9.97 Å². The zero-order valence-electron chi connectivity index (χ0n) is 18.8. The molecule has 9 nitrogen and oxygen atoms in total. The molecule has 3 heterocycles. The second-order valence-corrected chi connectivity index (χ2v) is 8.26. The smallest absolute Gasteiger partial charge is 0.254 e. The van der Waals surface area contributed by atoms with Crippen molar-refractivity contribution in [1.82, 2.24) is 30.0 Å². The van der Waals surface area contributed by atoms with Crippen LogP contribution in [0.1, 0.15) is 27.2 Å². The monoisotopic (exact) mass is 448 g/mol. The Morgan fingerprint density at radius 1 is 1.15 bits per heavy atom. The van der Waals surface area contributed by atoms with E-state index in [9.17, 15) is 4.79 Å².